The van der Waals surface area contributed by atoms with Gasteiger partial charge >= 0.3 is 6.03 Å². The second kappa shape index (κ2) is 4.56. The average molecular weight is 206 g/mol. The molecule has 7 nitrogen and oxygen atoms in total. The van der Waals surface area contributed by atoms with Gasteiger partial charge in [-0.1, -0.05) is 0 Å². The van der Waals surface area contributed by atoms with E-state index in [4.69, 9.17) is 24.5 Å². The van der Waals surface area contributed by atoms with E-state index < -0.39 is 18.2 Å². The van der Waals surface area contributed by atoms with Crippen molar-refractivity contribution in [3.63, 3.8) is 0 Å². The number of ether oxygens (including phenoxy) is 2. The van der Waals surface area contributed by atoms with Crippen LogP contribution in [0.5, 0.6) is 0 Å². The highest BCUT2D eigenvalue weighted by molar-refractivity contribution is 5.69. The van der Waals surface area contributed by atoms with E-state index in [0.717, 1.165) is 0 Å². The van der Waals surface area contributed by atoms with Crippen molar-refractivity contribution in [1.82, 2.24) is 0 Å². The molecule has 0 radical (unpaired) electrons. The molecule has 2 rings (SSSR count). The zero-order valence-corrected chi connectivity index (χ0v) is 7.50. The summed E-state index contributed by atoms with van der Waals surface area (Å²) in [6, 6.07) is -0.833. The molecule has 82 valence electrons. The van der Waals surface area contributed by atoms with Crippen LogP contribution in [-0.2, 0) is 9.47 Å². The zero-order valence-electron chi connectivity index (χ0n) is 7.50. The average Bonchev–Trinajstić information content (AvgIpc) is 2.57. The smallest absolute Gasteiger partial charge is 0.309 e. The van der Waals surface area contributed by atoms with Gasteiger partial charge in [-0.3, -0.25) is 0 Å². The Bertz CT molecular complexity index is 192. The molecule has 2 heterocycles. The molecule has 14 heavy (non-hydrogen) atoms. The van der Waals surface area contributed by atoms with Crippen molar-refractivity contribution in [3.05, 3.63) is 0 Å². The quantitative estimate of drug-likeness (QED) is 0.349. The maximum atomic E-state index is 9.16. The van der Waals surface area contributed by atoms with Gasteiger partial charge in [0.2, 0.25) is 0 Å². The lowest BCUT2D eigenvalue weighted by Crippen LogP contribution is -2.30. The summed E-state index contributed by atoms with van der Waals surface area (Å²) in [7, 11) is 0. The van der Waals surface area contributed by atoms with Gasteiger partial charge in [0.1, 0.15) is 24.4 Å². The summed E-state index contributed by atoms with van der Waals surface area (Å²) in [6.45, 7) is 0.568. The Morgan fingerprint density at radius 3 is 1.64 bits per heavy atom. The van der Waals surface area contributed by atoms with Crippen molar-refractivity contribution in [2.45, 2.75) is 24.4 Å². The van der Waals surface area contributed by atoms with Crippen molar-refractivity contribution in [2.75, 3.05) is 13.2 Å². The molecule has 0 unspecified atom stereocenters. The Hall–Kier alpha value is -0.890. The van der Waals surface area contributed by atoms with Crippen LogP contribution in [0.2, 0.25) is 0 Å². The van der Waals surface area contributed by atoms with Crippen LogP contribution in [-0.4, -0.2) is 53.9 Å². The molecular weight excluding hydrogens is 192 g/mol. The molecule has 2 aliphatic rings. The Kier molecular flexibility index (Phi) is 3.64. The van der Waals surface area contributed by atoms with Gasteiger partial charge < -0.3 is 31.2 Å². The van der Waals surface area contributed by atoms with Crippen LogP contribution in [0.3, 0.4) is 0 Å². The van der Waals surface area contributed by atoms with Crippen LogP contribution < -0.4 is 11.5 Å². The number of primary amides is 2. The summed E-state index contributed by atoms with van der Waals surface area (Å²) in [5.41, 5.74) is 8.50. The Balaban J connectivity index is 0.000000213. The molecule has 0 spiro atoms. The van der Waals surface area contributed by atoms with Gasteiger partial charge in [0, 0.05) is 0 Å². The number of aliphatic hydroxyl groups is 2. The highest BCUT2D eigenvalue weighted by atomic mass is 16.6. The second-order valence-electron chi connectivity index (χ2n) is 3.13. The summed E-state index contributed by atoms with van der Waals surface area (Å²) in [6.07, 6.45) is -1.70. The van der Waals surface area contributed by atoms with Crippen molar-refractivity contribution in [2.24, 2.45) is 11.5 Å². The fraction of sp³-hybridized carbons (Fsp3) is 0.857. The van der Waals surface area contributed by atoms with Crippen molar-refractivity contribution < 1.29 is 24.5 Å². The maximum Gasteiger partial charge on any atom is 0.309 e. The van der Waals surface area contributed by atoms with Gasteiger partial charge in [-0.25, -0.2) is 4.79 Å². The van der Waals surface area contributed by atoms with Crippen LogP contribution in [0.4, 0.5) is 4.79 Å². The molecule has 0 aromatic heterocycles. The molecule has 0 aromatic rings. The summed E-state index contributed by atoms with van der Waals surface area (Å²) in [5.74, 6) is 0. The van der Waals surface area contributed by atoms with E-state index in [1.807, 2.05) is 0 Å². The number of aliphatic hydroxyl groups excluding tert-OH is 2. The number of hydrogen-bond acceptors (Lipinski definition) is 5. The monoisotopic (exact) mass is 206 g/mol. The van der Waals surface area contributed by atoms with Crippen LogP contribution in [0.1, 0.15) is 0 Å². The van der Waals surface area contributed by atoms with Gasteiger partial charge in [0.15, 0.2) is 0 Å². The number of hydrogen-bond donors (Lipinski definition) is 4. The molecule has 2 fully saturated rings. The summed E-state index contributed by atoms with van der Waals surface area (Å²) in [5, 5.41) is 18.3. The molecule has 2 saturated heterocycles. The highest BCUT2D eigenvalue weighted by Gasteiger charge is 2.46. The molecule has 2 aliphatic heterocycles. The van der Waals surface area contributed by atoms with Crippen molar-refractivity contribution in [1.29, 1.82) is 0 Å². The molecule has 4 atom stereocenters. The van der Waals surface area contributed by atoms with Gasteiger partial charge in [-0.2, -0.15) is 0 Å². The molecule has 0 bridgehead atoms. The lowest BCUT2D eigenvalue weighted by Gasteiger charge is -2.09. The Morgan fingerprint density at radius 2 is 1.36 bits per heavy atom. The minimum Gasteiger partial charge on any atom is -0.388 e. The first-order valence-corrected chi connectivity index (χ1v) is 4.16. The van der Waals surface area contributed by atoms with Gasteiger partial charge in [-0.15, -0.1) is 0 Å². The van der Waals surface area contributed by atoms with Gasteiger partial charge in [0.25, 0.3) is 0 Å². The summed E-state index contributed by atoms with van der Waals surface area (Å²) in [4.78, 5) is 9.00. The van der Waals surface area contributed by atoms with Crippen LogP contribution >= 0.6 is 0 Å². The lowest BCUT2D eigenvalue weighted by molar-refractivity contribution is 0.00205. The fourth-order valence-electron chi connectivity index (χ4n) is 1.46. The first kappa shape index (κ1) is 11.2. The molecule has 7 heteroatoms. The zero-order chi connectivity index (χ0) is 10.7. The molecule has 0 aliphatic carbocycles. The summed E-state index contributed by atoms with van der Waals surface area (Å²) >= 11 is 0. The third-order valence-corrected chi connectivity index (χ3v) is 2.00. The minimum atomic E-state index is -0.833. The van der Waals surface area contributed by atoms with E-state index in [-0.39, 0.29) is 25.4 Å². The standard InChI is InChI=1S/C6H10O4.CH4N2O/c7-3-1-9-6-4(8)2-10-5(3)6;2-1(3)4/h3-8H,1-2H2;(H4,2,3,4)/t3-,4+,5-,6-;/m1./s1. The van der Waals surface area contributed by atoms with E-state index >= 15 is 0 Å². The SMILES string of the molecule is NC(N)=O.O[C@@H]1CO[C@H]2[C@@H]1OC[C@@H]2O. The number of amides is 2. The first-order chi connectivity index (χ1) is 6.52. The number of fused-ring (bicyclic) bond motifs is 1. The van der Waals surface area contributed by atoms with E-state index in [9.17, 15) is 0 Å². The lowest BCUT2D eigenvalue weighted by atomic mass is 10.1. The number of nitrogens with two attached hydrogens (primary N) is 2. The maximum absolute atomic E-state index is 9.16. The van der Waals surface area contributed by atoms with E-state index in [0.29, 0.717) is 0 Å². The Labute approximate surface area is 80.6 Å². The van der Waals surface area contributed by atoms with Gasteiger partial charge in [0.05, 0.1) is 13.2 Å². The fourth-order valence-corrected chi connectivity index (χ4v) is 1.46. The van der Waals surface area contributed by atoms with Gasteiger partial charge in [-0.05, 0) is 0 Å². The largest absolute Gasteiger partial charge is 0.388 e. The number of rotatable bonds is 0. The van der Waals surface area contributed by atoms with Crippen LogP contribution in [0, 0.1) is 0 Å². The molecular formula is C7H14N2O5. The highest BCUT2D eigenvalue weighted by Crippen LogP contribution is 2.26. The van der Waals surface area contributed by atoms with E-state index in [1.54, 1.807) is 0 Å². The van der Waals surface area contributed by atoms with Crippen LogP contribution in [0.25, 0.3) is 0 Å². The number of carbonyl (C=O) groups is 1. The second-order valence-corrected chi connectivity index (χ2v) is 3.13. The number of urea groups is 1. The van der Waals surface area contributed by atoms with E-state index in [1.165, 1.54) is 0 Å². The predicted octanol–water partition coefficient (Wildman–Crippen LogP) is -2.47. The third kappa shape index (κ3) is 2.55. The third-order valence-electron chi connectivity index (χ3n) is 2.00. The summed E-state index contributed by atoms with van der Waals surface area (Å²) < 4.78 is 10.2. The predicted molar refractivity (Wildman–Crippen MR) is 45.3 cm³/mol. The molecule has 0 saturated carbocycles. The van der Waals surface area contributed by atoms with Crippen LogP contribution in [0.15, 0.2) is 0 Å². The molecule has 0 aromatic carbocycles. The van der Waals surface area contributed by atoms with Crippen molar-refractivity contribution in [3.8, 4) is 0 Å². The topological polar surface area (TPSA) is 128 Å². The Morgan fingerprint density at radius 1 is 1.07 bits per heavy atom. The first-order valence-electron chi connectivity index (χ1n) is 4.16. The normalized spacial score (nSPS) is 39.9. The van der Waals surface area contributed by atoms with Crippen molar-refractivity contribution >= 4 is 6.03 Å². The number of carbonyl (C=O) groups excluding carboxylic acids is 1. The molecule has 2 amide bonds. The van der Waals surface area contributed by atoms with E-state index in [2.05, 4.69) is 11.5 Å². The minimum absolute atomic E-state index is 0.284. The molecule has 6 N–H and O–H groups in total.